The Bertz CT molecular complexity index is 1180. The van der Waals surface area contributed by atoms with Gasteiger partial charge in [0.15, 0.2) is 0 Å². The first-order chi connectivity index (χ1) is 16.7. The van der Waals surface area contributed by atoms with Crippen LogP contribution in [-0.4, -0.2) is 57.6 Å². The number of rotatable bonds is 8. The van der Waals surface area contributed by atoms with Gasteiger partial charge in [-0.1, -0.05) is 79.2 Å². The Morgan fingerprint density at radius 2 is 1.37 bits per heavy atom. The summed E-state index contributed by atoms with van der Waals surface area (Å²) in [6.07, 6.45) is 2.06. The van der Waals surface area contributed by atoms with Crippen molar-refractivity contribution in [2.75, 3.05) is 32.7 Å². The summed E-state index contributed by atoms with van der Waals surface area (Å²) in [7, 11) is 0. The summed E-state index contributed by atoms with van der Waals surface area (Å²) in [5, 5.41) is 0.752. The molecule has 3 aromatic carbocycles. The summed E-state index contributed by atoms with van der Waals surface area (Å²) in [6, 6.07) is 28.2. The molecule has 0 spiro atoms. The molecule has 5 nitrogen and oxygen atoms in total. The van der Waals surface area contributed by atoms with Crippen molar-refractivity contribution in [1.29, 1.82) is 0 Å². The molecule has 0 atom stereocenters. The lowest BCUT2D eigenvalue weighted by Gasteiger charge is -2.40. The first kappa shape index (κ1) is 34.2. The van der Waals surface area contributed by atoms with Gasteiger partial charge in [0, 0.05) is 44.2 Å². The number of nitrogens with zero attached hydrogens (tertiary/aromatic N) is 4. The van der Waals surface area contributed by atoms with Crippen LogP contribution in [0.3, 0.4) is 0 Å². The van der Waals surface area contributed by atoms with Gasteiger partial charge in [0.25, 0.3) is 0 Å². The number of aromatic nitrogens is 2. The Balaban J connectivity index is 0.00000180. The first-order valence-corrected chi connectivity index (χ1v) is 12.8. The molecule has 208 valence electrons. The molecular weight excluding hydrogens is 562 g/mol. The number of aryl methyl sites for hydroxylation is 2. The topological polar surface area (TPSA) is 55.8 Å². The van der Waals surface area contributed by atoms with E-state index in [-0.39, 0.29) is 42.7 Å². The molecule has 1 fully saturated rings. The van der Waals surface area contributed by atoms with E-state index >= 15 is 0 Å². The lowest BCUT2D eigenvalue weighted by Crippen LogP contribution is -2.48. The van der Waals surface area contributed by atoms with E-state index < -0.39 is 0 Å². The van der Waals surface area contributed by atoms with Crippen LogP contribution in [0.15, 0.2) is 78.9 Å². The second-order valence-corrected chi connectivity index (χ2v) is 9.56. The standard InChI is InChI=1S/C29H33ClN4.3ClH.H2O/c1-2-28-31-26-22-25(30)14-15-27(26)34(28)17-9-16-32-18-20-33(21-19-32)29(23-10-5-3-6-11-23)24-12-7-4-8-13-24;;;;/h3-8,10-15,22,29H,2,9,16-21H2,1H3;3*1H;1H2. The highest BCUT2D eigenvalue weighted by atomic mass is 35.5. The van der Waals surface area contributed by atoms with E-state index in [1.807, 2.05) is 12.1 Å². The third-order valence-corrected chi connectivity index (χ3v) is 7.20. The molecule has 9 heteroatoms. The molecule has 1 saturated heterocycles. The second kappa shape index (κ2) is 16.3. The van der Waals surface area contributed by atoms with E-state index in [0.717, 1.165) is 68.5 Å². The smallest absolute Gasteiger partial charge is 0.109 e. The fraction of sp³-hybridized carbons (Fsp3) is 0.345. The number of hydrogen-bond acceptors (Lipinski definition) is 3. The van der Waals surface area contributed by atoms with E-state index in [4.69, 9.17) is 16.6 Å². The van der Waals surface area contributed by atoms with Gasteiger partial charge in [-0.05, 0) is 42.3 Å². The normalized spacial score (nSPS) is 13.8. The zero-order valence-electron chi connectivity index (χ0n) is 21.6. The maximum absolute atomic E-state index is 6.18. The van der Waals surface area contributed by atoms with Crippen molar-refractivity contribution in [3.63, 3.8) is 0 Å². The van der Waals surface area contributed by atoms with E-state index in [1.165, 1.54) is 16.6 Å². The minimum Gasteiger partial charge on any atom is -0.412 e. The van der Waals surface area contributed by atoms with Gasteiger partial charge < -0.3 is 14.9 Å². The lowest BCUT2D eigenvalue weighted by atomic mass is 9.96. The molecule has 2 heterocycles. The molecule has 0 radical (unpaired) electrons. The molecule has 0 saturated carbocycles. The maximum Gasteiger partial charge on any atom is 0.109 e. The molecule has 38 heavy (non-hydrogen) atoms. The van der Waals surface area contributed by atoms with E-state index in [1.54, 1.807) is 0 Å². The molecule has 1 aliphatic rings. The van der Waals surface area contributed by atoms with Crippen molar-refractivity contribution < 1.29 is 5.48 Å². The Kier molecular flexibility index (Phi) is 14.7. The van der Waals surface area contributed by atoms with Gasteiger partial charge >= 0.3 is 0 Å². The van der Waals surface area contributed by atoms with Crippen LogP contribution in [0.25, 0.3) is 11.0 Å². The van der Waals surface area contributed by atoms with Crippen molar-refractivity contribution in [2.24, 2.45) is 0 Å². The van der Waals surface area contributed by atoms with Gasteiger partial charge in [0.2, 0.25) is 0 Å². The second-order valence-electron chi connectivity index (χ2n) is 9.12. The van der Waals surface area contributed by atoms with Crippen LogP contribution in [-0.2, 0) is 13.0 Å². The van der Waals surface area contributed by atoms with Gasteiger partial charge in [-0.15, -0.1) is 37.2 Å². The monoisotopic (exact) mass is 598 g/mol. The molecule has 5 rings (SSSR count). The summed E-state index contributed by atoms with van der Waals surface area (Å²) in [5.41, 5.74) is 4.95. The number of hydrogen-bond donors (Lipinski definition) is 0. The molecule has 0 unspecified atom stereocenters. The molecular formula is C29H38Cl4N4O. The van der Waals surface area contributed by atoms with Gasteiger partial charge in [0.05, 0.1) is 17.1 Å². The highest BCUT2D eigenvalue weighted by Crippen LogP contribution is 2.29. The van der Waals surface area contributed by atoms with Crippen LogP contribution in [0, 0.1) is 0 Å². The largest absolute Gasteiger partial charge is 0.412 e. The number of piperazine rings is 1. The average Bonchev–Trinajstić information content (AvgIpc) is 3.23. The molecule has 1 aliphatic heterocycles. The zero-order chi connectivity index (χ0) is 23.3. The first-order valence-electron chi connectivity index (χ1n) is 12.4. The van der Waals surface area contributed by atoms with Crippen LogP contribution in [0.1, 0.15) is 36.3 Å². The third kappa shape index (κ3) is 7.86. The number of halogens is 4. The van der Waals surface area contributed by atoms with Crippen molar-refractivity contribution in [3.05, 3.63) is 101 Å². The van der Waals surface area contributed by atoms with Gasteiger partial charge in [-0.2, -0.15) is 0 Å². The molecule has 4 aromatic rings. The molecule has 1 aromatic heterocycles. The SMILES string of the molecule is CCc1nc2cc(Cl)ccc2n1CCCN1CCN(C(c2ccccc2)c2ccccc2)CC1.Cl.Cl.Cl.O. The van der Waals surface area contributed by atoms with E-state index in [9.17, 15) is 0 Å². The van der Waals surface area contributed by atoms with Gasteiger partial charge in [-0.25, -0.2) is 4.98 Å². The highest BCUT2D eigenvalue weighted by Gasteiger charge is 2.26. The van der Waals surface area contributed by atoms with Crippen LogP contribution < -0.4 is 0 Å². The Morgan fingerprint density at radius 1 is 0.789 bits per heavy atom. The van der Waals surface area contributed by atoms with Crippen LogP contribution in [0.4, 0.5) is 0 Å². The Morgan fingerprint density at radius 3 is 1.92 bits per heavy atom. The fourth-order valence-corrected chi connectivity index (χ4v) is 5.42. The highest BCUT2D eigenvalue weighted by molar-refractivity contribution is 6.31. The summed E-state index contributed by atoms with van der Waals surface area (Å²) >= 11 is 6.18. The number of benzene rings is 3. The number of imidazole rings is 1. The quantitative estimate of drug-likeness (QED) is 0.233. The predicted molar refractivity (Wildman–Crippen MR) is 167 cm³/mol. The average molecular weight is 600 g/mol. The Labute approximate surface area is 249 Å². The summed E-state index contributed by atoms with van der Waals surface area (Å²) in [6.45, 7) is 8.68. The van der Waals surface area contributed by atoms with Gasteiger partial charge in [-0.3, -0.25) is 4.90 Å². The van der Waals surface area contributed by atoms with Gasteiger partial charge in [0.1, 0.15) is 5.82 Å². The maximum atomic E-state index is 6.18. The Hall–Kier alpha value is -1.83. The molecule has 0 amide bonds. The summed E-state index contributed by atoms with van der Waals surface area (Å²) in [5.74, 6) is 1.15. The van der Waals surface area contributed by atoms with Crippen molar-refractivity contribution in [2.45, 2.75) is 32.4 Å². The van der Waals surface area contributed by atoms with Crippen molar-refractivity contribution in [1.82, 2.24) is 19.4 Å². The minimum atomic E-state index is 0. The lowest BCUT2D eigenvalue weighted by molar-refractivity contribution is 0.108. The van der Waals surface area contributed by atoms with Crippen molar-refractivity contribution in [3.8, 4) is 0 Å². The van der Waals surface area contributed by atoms with E-state index in [2.05, 4.69) is 88.0 Å². The molecule has 0 aliphatic carbocycles. The molecule has 0 bridgehead atoms. The number of fused-ring (bicyclic) bond motifs is 1. The predicted octanol–water partition coefficient (Wildman–Crippen LogP) is 6.49. The minimum absolute atomic E-state index is 0. The van der Waals surface area contributed by atoms with E-state index in [0.29, 0.717) is 6.04 Å². The van der Waals surface area contributed by atoms with Crippen LogP contribution in [0.2, 0.25) is 5.02 Å². The fourth-order valence-electron chi connectivity index (χ4n) is 5.25. The summed E-state index contributed by atoms with van der Waals surface area (Å²) < 4.78 is 2.38. The third-order valence-electron chi connectivity index (χ3n) is 6.96. The summed E-state index contributed by atoms with van der Waals surface area (Å²) in [4.78, 5) is 10.1. The molecule has 2 N–H and O–H groups in total. The van der Waals surface area contributed by atoms with Crippen LogP contribution >= 0.6 is 48.8 Å². The zero-order valence-corrected chi connectivity index (χ0v) is 24.8. The van der Waals surface area contributed by atoms with Crippen LogP contribution in [0.5, 0.6) is 0 Å². The van der Waals surface area contributed by atoms with Crippen molar-refractivity contribution >= 4 is 59.9 Å².